The zero-order valence-corrected chi connectivity index (χ0v) is 14.5. The molecule has 0 amide bonds. The molecule has 1 saturated heterocycles. The summed E-state index contributed by atoms with van der Waals surface area (Å²) in [5, 5.41) is 3.78. The van der Waals surface area contributed by atoms with Crippen molar-refractivity contribution in [2.24, 2.45) is 10.8 Å². The first-order chi connectivity index (χ1) is 9.20. The summed E-state index contributed by atoms with van der Waals surface area (Å²) >= 11 is 0. The van der Waals surface area contributed by atoms with Gasteiger partial charge in [-0.3, -0.25) is 0 Å². The molecule has 1 aliphatic heterocycles. The van der Waals surface area contributed by atoms with Gasteiger partial charge in [0.2, 0.25) is 0 Å². The number of nitrogens with one attached hydrogen (secondary N) is 1. The maximum absolute atomic E-state index is 3.78. The topological polar surface area (TPSA) is 15.3 Å². The van der Waals surface area contributed by atoms with Gasteiger partial charge in [-0.25, -0.2) is 0 Å². The van der Waals surface area contributed by atoms with E-state index >= 15 is 0 Å². The Morgan fingerprint density at radius 2 is 1.50 bits per heavy atom. The molecule has 0 radical (unpaired) electrons. The first-order valence-electron chi connectivity index (χ1n) is 8.67. The number of likely N-dealkylation sites (tertiary alicyclic amines) is 1. The summed E-state index contributed by atoms with van der Waals surface area (Å²) in [6.07, 6.45) is 8.47. The van der Waals surface area contributed by atoms with E-state index in [4.69, 9.17) is 0 Å². The summed E-state index contributed by atoms with van der Waals surface area (Å²) in [6.45, 7) is 16.9. The van der Waals surface area contributed by atoms with Gasteiger partial charge in [0, 0.05) is 18.6 Å². The molecule has 2 aliphatic rings. The third-order valence-corrected chi connectivity index (χ3v) is 5.43. The molecule has 1 N–H and O–H groups in total. The van der Waals surface area contributed by atoms with Crippen molar-refractivity contribution in [1.29, 1.82) is 0 Å². The van der Waals surface area contributed by atoms with E-state index in [0.717, 1.165) is 0 Å². The number of nitrogens with zero attached hydrogens (tertiary/aromatic N) is 1. The Balaban J connectivity index is 1.89. The molecular formula is C18H36N2. The van der Waals surface area contributed by atoms with Crippen LogP contribution in [0.25, 0.3) is 0 Å². The zero-order valence-electron chi connectivity index (χ0n) is 14.5. The van der Waals surface area contributed by atoms with Crippen molar-refractivity contribution in [2.45, 2.75) is 78.7 Å². The summed E-state index contributed by atoms with van der Waals surface area (Å²) < 4.78 is 0. The van der Waals surface area contributed by atoms with Crippen molar-refractivity contribution in [1.82, 2.24) is 10.2 Å². The van der Waals surface area contributed by atoms with E-state index in [1.807, 2.05) is 0 Å². The number of piperidine rings is 1. The molecule has 0 aromatic rings. The van der Waals surface area contributed by atoms with Crippen LogP contribution in [-0.2, 0) is 0 Å². The van der Waals surface area contributed by atoms with Crippen LogP contribution in [0.2, 0.25) is 0 Å². The fourth-order valence-corrected chi connectivity index (χ4v) is 3.76. The summed E-state index contributed by atoms with van der Waals surface area (Å²) in [5.41, 5.74) is 1.37. The smallest absolute Gasteiger partial charge is 0.00967 e. The van der Waals surface area contributed by atoms with Gasteiger partial charge in [-0.1, -0.05) is 26.7 Å². The van der Waals surface area contributed by atoms with Crippen molar-refractivity contribution >= 4 is 0 Å². The summed E-state index contributed by atoms with van der Waals surface area (Å²) in [6, 6.07) is 0. The van der Waals surface area contributed by atoms with E-state index < -0.39 is 0 Å². The number of hydrogen-bond donors (Lipinski definition) is 1. The summed E-state index contributed by atoms with van der Waals surface area (Å²) in [7, 11) is 0. The van der Waals surface area contributed by atoms with Gasteiger partial charge < -0.3 is 10.2 Å². The average molecular weight is 280 g/mol. The van der Waals surface area contributed by atoms with Crippen LogP contribution in [0.1, 0.15) is 73.1 Å². The molecule has 0 atom stereocenters. The first-order valence-corrected chi connectivity index (χ1v) is 8.67. The van der Waals surface area contributed by atoms with Crippen LogP contribution in [0.3, 0.4) is 0 Å². The lowest BCUT2D eigenvalue weighted by molar-refractivity contribution is 0.0796. The van der Waals surface area contributed by atoms with Crippen molar-refractivity contribution < 1.29 is 0 Å². The second-order valence-corrected chi connectivity index (χ2v) is 9.25. The van der Waals surface area contributed by atoms with Gasteiger partial charge in [0.25, 0.3) is 0 Å². The lowest BCUT2D eigenvalue weighted by Gasteiger charge is -2.42. The average Bonchev–Trinajstić information content (AvgIpc) is 2.78. The SMILES string of the molecule is CC1(C)CCN(CC2(CNC(C)(C)C)CCCC2)CC1. The number of rotatable bonds is 4. The van der Waals surface area contributed by atoms with Gasteiger partial charge in [0.05, 0.1) is 0 Å². The molecule has 1 aliphatic carbocycles. The molecule has 2 rings (SSSR count). The van der Waals surface area contributed by atoms with Crippen molar-refractivity contribution in [3.05, 3.63) is 0 Å². The van der Waals surface area contributed by atoms with E-state index in [-0.39, 0.29) is 5.54 Å². The molecule has 2 nitrogen and oxygen atoms in total. The lowest BCUT2D eigenvalue weighted by Crippen LogP contribution is -2.49. The Kier molecular flexibility index (Phi) is 4.86. The van der Waals surface area contributed by atoms with E-state index in [0.29, 0.717) is 10.8 Å². The van der Waals surface area contributed by atoms with Crippen LogP contribution in [0, 0.1) is 10.8 Å². The molecule has 20 heavy (non-hydrogen) atoms. The molecule has 118 valence electrons. The quantitative estimate of drug-likeness (QED) is 0.835. The molecule has 2 heteroatoms. The molecule has 0 aromatic carbocycles. The molecule has 1 heterocycles. The highest BCUT2D eigenvalue weighted by Gasteiger charge is 2.37. The minimum absolute atomic E-state index is 0.249. The van der Waals surface area contributed by atoms with E-state index in [1.165, 1.54) is 64.7 Å². The largest absolute Gasteiger partial charge is 0.311 e. The molecule has 0 spiro atoms. The molecule has 1 saturated carbocycles. The predicted molar refractivity (Wildman–Crippen MR) is 88.1 cm³/mol. The minimum atomic E-state index is 0.249. The van der Waals surface area contributed by atoms with Gasteiger partial charge in [-0.15, -0.1) is 0 Å². The monoisotopic (exact) mass is 280 g/mol. The Hall–Kier alpha value is -0.0800. The Bertz CT molecular complexity index is 298. The number of hydrogen-bond acceptors (Lipinski definition) is 2. The first kappa shape index (κ1) is 16.3. The summed E-state index contributed by atoms with van der Waals surface area (Å²) in [4.78, 5) is 2.75. The zero-order chi connectivity index (χ0) is 14.9. The van der Waals surface area contributed by atoms with Crippen LogP contribution in [0.5, 0.6) is 0 Å². The molecule has 0 unspecified atom stereocenters. The highest BCUT2D eigenvalue weighted by Crippen LogP contribution is 2.40. The fraction of sp³-hybridized carbons (Fsp3) is 1.00. The van der Waals surface area contributed by atoms with Gasteiger partial charge in [-0.05, 0) is 70.4 Å². The van der Waals surface area contributed by atoms with Crippen LogP contribution >= 0.6 is 0 Å². The molecule has 2 fully saturated rings. The van der Waals surface area contributed by atoms with Crippen LogP contribution in [0.4, 0.5) is 0 Å². The Morgan fingerprint density at radius 1 is 0.950 bits per heavy atom. The van der Waals surface area contributed by atoms with Gasteiger partial charge in [-0.2, -0.15) is 0 Å². The van der Waals surface area contributed by atoms with Gasteiger partial charge >= 0.3 is 0 Å². The summed E-state index contributed by atoms with van der Waals surface area (Å²) in [5.74, 6) is 0. The molecule has 0 aromatic heterocycles. The van der Waals surface area contributed by atoms with Crippen molar-refractivity contribution in [2.75, 3.05) is 26.2 Å². The van der Waals surface area contributed by atoms with E-state index in [1.54, 1.807) is 0 Å². The lowest BCUT2D eigenvalue weighted by atomic mass is 9.80. The highest BCUT2D eigenvalue weighted by atomic mass is 15.1. The third kappa shape index (κ3) is 4.73. The molecule has 0 bridgehead atoms. The highest BCUT2D eigenvalue weighted by molar-refractivity contribution is 4.92. The third-order valence-electron chi connectivity index (χ3n) is 5.43. The fourth-order valence-electron chi connectivity index (χ4n) is 3.76. The van der Waals surface area contributed by atoms with Gasteiger partial charge in [0.15, 0.2) is 0 Å². The standard InChI is InChI=1S/C18H36N2/c1-16(2,3)19-14-18(8-6-7-9-18)15-20-12-10-17(4,5)11-13-20/h19H,6-15H2,1-5H3. The molecular weight excluding hydrogens is 244 g/mol. The Labute approximate surface area is 126 Å². The van der Waals surface area contributed by atoms with Crippen molar-refractivity contribution in [3.63, 3.8) is 0 Å². The second kappa shape index (κ2) is 5.96. The normalized spacial score (nSPS) is 26.9. The maximum atomic E-state index is 3.78. The minimum Gasteiger partial charge on any atom is -0.311 e. The second-order valence-electron chi connectivity index (χ2n) is 9.25. The Morgan fingerprint density at radius 3 is 2.00 bits per heavy atom. The van der Waals surface area contributed by atoms with Crippen molar-refractivity contribution in [3.8, 4) is 0 Å². The van der Waals surface area contributed by atoms with Crippen LogP contribution < -0.4 is 5.32 Å². The van der Waals surface area contributed by atoms with Crippen LogP contribution in [0.15, 0.2) is 0 Å². The van der Waals surface area contributed by atoms with E-state index in [2.05, 4.69) is 44.8 Å². The van der Waals surface area contributed by atoms with E-state index in [9.17, 15) is 0 Å². The maximum Gasteiger partial charge on any atom is 0.00967 e. The predicted octanol–water partition coefficient (Wildman–Crippen LogP) is 4.06. The van der Waals surface area contributed by atoms with Gasteiger partial charge in [0.1, 0.15) is 0 Å². The van der Waals surface area contributed by atoms with Crippen LogP contribution in [-0.4, -0.2) is 36.6 Å².